The molecule has 0 amide bonds. The van der Waals surface area contributed by atoms with Crippen LogP contribution in [-0.4, -0.2) is 26.3 Å². The van der Waals surface area contributed by atoms with Crippen molar-refractivity contribution in [2.75, 3.05) is 20.2 Å². The Morgan fingerprint density at radius 2 is 1.69 bits per heavy atom. The van der Waals surface area contributed by atoms with Crippen LogP contribution in [0.5, 0.6) is 0 Å². The summed E-state index contributed by atoms with van der Waals surface area (Å²) in [5.41, 5.74) is 0. The maximum Gasteiger partial charge on any atom is 0.0575 e. The molecule has 0 atom stereocenters. The van der Waals surface area contributed by atoms with Gasteiger partial charge < -0.3 is 10.1 Å². The first-order valence-electron chi connectivity index (χ1n) is 5.61. The molecule has 1 rings (SSSR count). The molecule has 1 aliphatic rings. The predicted octanol–water partition coefficient (Wildman–Crippen LogP) is 2.83. The predicted molar refractivity (Wildman–Crippen MR) is 60.2 cm³/mol. The zero-order chi connectivity index (χ0) is 10.5. The van der Waals surface area contributed by atoms with Crippen LogP contribution in [0.4, 0.5) is 0 Å². The van der Waals surface area contributed by atoms with Crippen LogP contribution in [0, 0.1) is 0 Å². The van der Waals surface area contributed by atoms with E-state index in [0.29, 0.717) is 6.10 Å². The molecule has 0 aromatic heterocycles. The van der Waals surface area contributed by atoms with Gasteiger partial charge in [0.2, 0.25) is 0 Å². The maximum absolute atomic E-state index is 5.28. The van der Waals surface area contributed by atoms with Crippen molar-refractivity contribution in [3.8, 4) is 0 Å². The van der Waals surface area contributed by atoms with E-state index in [4.69, 9.17) is 4.74 Å². The molecule has 0 spiro atoms. The third-order valence-corrected chi connectivity index (χ3v) is 1.81. The van der Waals surface area contributed by atoms with E-state index in [9.17, 15) is 0 Å². The third kappa shape index (κ3) is 11.9. The van der Waals surface area contributed by atoms with Gasteiger partial charge in [0, 0.05) is 6.61 Å². The second kappa shape index (κ2) is 14.4. The highest BCUT2D eigenvalue weighted by atomic mass is 16.5. The molecule has 13 heavy (non-hydrogen) atoms. The smallest absolute Gasteiger partial charge is 0.0575 e. The fourth-order valence-electron chi connectivity index (χ4n) is 0.773. The topological polar surface area (TPSA) is 21.3 Å². The second-order valence-corrected chi connectivity index (χ2v) is 2.72. The van der Waals surface area contributed by atoms with E-state index in [1.54, 1.807) is 0 Å². The highest BCUT2D eigenvalue weighted by Crippen LogP contribution is 2.21. The Hall–Kier alpha value is -0.0800. The number of nitrogens with one attached hydrogen (secondary N) is 1. The van der Waals surface area contributed by atoms with Crippen LogP contribution in [0.1, 0.15) is 47.0 Å². The van der Waals surface area contributed by atoms with Crippen molar-refractivity contribution in [2.24, 2.45) is 0 Å². The average Bonchev–Trinajstić information content (AvgIpc) is 2.15. The molecule has 2 nitrogen and oxygen atoms in total. The first-order chi connectivity index (χ1) is 6.35. The Morgan fingerprint density at radius 1 is 1.23 bits per heavy atom. The maximum atomic E-state index is 5.28. The Bertz CT molecular complexity index is 70.5. The molecule has 0 aliphatic heterocycles. The highest BCUT2D eigenvalue weighted by Gasteiger charge is 2.15. The Morgan fingerprint density at radius 3 is 1.77 bits per heavy atom. The van der Waals surface area contributed by atoms with Gasteiger partial charge in [-0.05, 0) is 39.8 Å². The van der Waals surface area contributed by atoms with Crippen molar-refractivity contribution in [3.05, 3.63) is 0 Å². The van der Waals surface area contributed by atoms with Crippen LogP contribution < -0.4 is 5.32 Å². The van der Waals surface area contributed by atoms with Crippen LogP contribution in [0.3, 0.4) is 0 Å². The standard InChI is InChI=1S/C6H12O.C3H9N.C2H6/c1-2-7-6-4-3-5-6;1-3-4-2;1-2/h6H,2-5H2,1H3;4H,3H2,1-2H3;1-2H3. The van der Waals surface area contributed by atoms with Gasteiger partial charge in [-0.15, -0.1) is 0 Å². The van der Waals surface area contributed by atoms with E-state index in [2.05, 4.69) is 19.2 Å². The van der Waals surface area contributed by atoms with Crippen LogP contribution in [0.2, 0.25) is 0 Å². The van der Waals surface area contributed by atoms with Gasteiger partial charge in [-0.3, -0.25) is 0 Å². The van der Waals surface area contributed by atoms with Crippen molar-refractivity contribution in [3.63, 3.8) is 0 Å². The quantitative estimate of drug-likeness (QED) is 0.737. The van der Waals surface area contributed by atoms with Gasteiger partial charge in [-0.25, -0.2) is 0 Å². The lowest BCUT2D eigenvalue weighted by Crippen LogP contribution is -2.20. The van der Waals surface area contributed by atoms with Gasteiger partial charge in [-0.1, -0.05) is 20.8 Å². The number of hydrogen-bond acceptors (Lipinski definition) is 2. The molecule has 1 saturated carbocycles. The van der Waals surface area contributed by atoms with Gasteiger partial charge >= 0.3 is 0 Å². The van der Waals surface area contributed by atoms with Crippen LogP contribution in [0.25, 0.3) is 0 Å². The molecule has 0 aromatic rings. The molecule has 82 valence electrons. The number of ether oxygens (including phenoxy) is 1. The first-order valence-corrected chi connectivity index (χ1v) is 5.61. The molecular weight excluding hydrogens is 162 g/mol. The molecule has 2 heteroatoms. The minimum atomic E-state index is 0.630. The minimum Gasteiger partial charge on any atom is -0.379 e. The fraction of sp³-hybridized carbons (Fsp3) is 1.00. The highest BCUT2D eigenvalue weighted by molar-refractivity contribution is 4.68. The summed E-state index contributed by atoms with van der Waals surface area (Å²) in [6.45, 7) is 10.1. The third-order valence-electron chi connectivity index (χ3n) is 1.81. The summed E-state index contributed by atoms with van der Waals surface area (Å²) < 4.78 is 5.28. The van der Waals surface area contributed by atoms with Crippen LogP contribution >= 0.6 is 0 Å². The van der Waals surface area contributed by atoms with Crippen molar-refractivity contribution >= 4 is 0 Å². The van der Waals surface area contributed by atoms with Gasteiger partial charge in [0.15, 0.2) is 0 Å². The molecule has 0 heterocycles. The fourth-order valence-corrected chi connectivity index (χ4v) is 0.773. The second-order valence-electron chi connectivity index (χ2n) is 2.72. The largest absolute Gasteiger partial charge is 0.379 e. The summed E-state index contributed by atoms with van der Waals surface area (Å²) in [4.78, 5) is 0. The summed E-state index contributed by atoms with van der Waals surface area (Å²) in [5.74, 6) is 0. The normalized spacial score (nSPS) is 14.5. The molecular formula is C11H27NO. The summed E-state index contributed by atoms with van der Waals surface area (Å²) in [7, 11) is 1.93. The zero-order valence-corrected chi connectivity index (χ0v) is 10.0. The van der Waals surface area contributed by atoms with Gasteiger partial charge in [0.1, 0.15) is 0 Å². The molecule has 0 radical (unpaired) electrons. The Labute approximate surface area is 84.1 Å². The van der Waals surface area contributed by atoms with E-state index >= 15 is 0 Å². The lowest BCUT2D eigenvalue weighted by Gasteiger charge is -2.24. The lowest BCUT2D eigenvalue weighted by molar-refractivity contribution is 0.00995. The summed E-state index contributed by atoms with van der Waals surface area (Å²) >= 11 is 0. The van der Waals surface area contributed by atoms with E-state index in [1.165, 1.54) is 19.3 Å². The number of rotatable bonds is 3. The SMILES string of the molecule is CC.CCNC.CCOC1CCC1. The summed E-state index contributed by atoms with van der Waals surface area (Å²) in [5, 5.41) is 2.93. The van der Waals surface area contributed by atoms with Crippen LogP contribution in [0.15, 0.2) is 0 Å². The minimum absolute atomic E-state index is 0.630. The molecule has 0 bridgehead atoms. The van der Waals surface area contributed by atoms with E-state index in [0.717, 1.165) is 13.2 Å². The van der Waals surface area contributed by atoms with Gasteiger partial charge in [0.05, 0.1) is 6.10 Å². The number of hydrogen-bond donors (Lipinski definition) is 1. The van der Waals surface area contributed by atoms with Gasteiger partial charge in [-0.2, -0.15) is 0 Å². The molecule has 1 aliphatic carbocycles. The average molecular weight is 189 g/mol. The van der Waals surface area contributed by atoms with Crippen molar-refractivity contribution in [2.45, 2.75) is 53.1 Å². The van der Waals surface area contributed by atoms with E-state index in [-0.39, 0.29) is 0 Å². The molecule has 0 unspecified atom stereocenters. The first kappa shape index (κ1) is 15.4. The van der Waals surface area contributed by atoms with E-state index < -0.39 is 0 Å². The molecule has 1 fully saturated rings. The Balaban J connectivity index is 0. The van der Waals surface area contributed by atoms with Crippen molar-refractivity contribution < 1.29 is 4.74 Å². The molecule has 1 N–H and O–H groups in total. The Kier molecular flexibility index (Phi) is 17.1. The lowest BCUT2D eigenvalue weighted by atomic mass is 9.96. The van der Waals surface area contributed by atoms with Crippen LogP contribution in [-0.2, 0) is 4.74 Å². The summed E-state index contributed by atoms with van der Waals surface area (Å²) in [6, 6.07) is 0. The summed E-state index contributed by atoms with van der Waals surface area (Å²) in [6.07, 6.45) is 4.61. The molecule has 0 saturated heterocycles. The monoisotopic (exact) mass is 189 g/mol. The van der Waals surface area contributed by atoms with Crippen molar-refractivity contribution in [1.82, 2.24) is 5.32 Å². The van der Waals surface area contributed by atoms with Crippen molar-refractivity contribution in [1.29, 1.82) is 0 Å². The molecule has 0 aromatic carbocycles. The van der Waals surface area contributed by atoms with Gasteiger partial charge in [0.25, 0.3) is 0 Å². The zero-order valence-electron chi connectivity index (χ0n) is 10.0. The van der Waals surface area contributed by atoms with E-state index in [1.807, 2.05) is 20.9 Å².